The van der Waals surface area contributed by atoms with Crippen LogP contribution in [0.5, 0.6) is 5.88 Å². The van der Waals surface area contributed by atoms with E-state index < -0.39 is 47.0 Å². The Labute approximate surface area is 250 Å². The van der Waals surface area contributed by atoms with Crippen molar-refractivity contribution in [2.45, 2.75) is 80.0 Å². The van der Waals surface area contributed by atoms with Crippen LogP contribution in [0.1, 0.15) is 65.0 Å². The fourth-order valence-electron chi connectivity index (χ4n) is 4.11. The van der Waals surface area contributed by atoms with E-state index in [0.717, 1.165) is 10.2 Å². The van der Waals surface area contributed by atoms with Crippen molar-refractivity contribution in [3.63, 3.8) is 0 Å². The number of aliphatic hydroxyl groups excluding tert-OH is 1. The molecule has 12 heteroatoms. The quantitative estimate of drug-likeness (QED) is 0.286. The standard InChI is InChI=1S/C29H43BrN4O7/c1-16(11-17(2)30)22-24(32-19(4)18(3)31-22)41-20-12-21(26(37)39-10)34(13-20)25(36)23(28(5,6)7)33-27(38)40-15-29(8,9)14-35/h11,20-21,23,35H,1,12-15H2,2-10H3,(H,33,38)/b17-11+/t20-,21?,23?/m1/s1. The first-order valence-electron chi connectivity index (χ1n) is 13.4. The molecule has 0 radical (unpaired) electrons. The number of aromatic nitrogens is 2. The second-order valence-corrected chi connectivity index (χ2v) is 13.4. The van der Waals surface area contributed by atoms with E-state index in [2.05, 4.69) is 37.8 Å². The van der Waals surface area contributed by atoms with Crippen LogP contribution in [0.2, 0.25) is 0 Å². The summed E-state index contributed by atoms with van der Waals surface area (Å²) in [5.41, 5.74) is 1.06. The van der Waals surface area contributed by atoms with Crippen molar-refractivity contribution in [1.29, 1.82) is 0 Å². The largest absolute Gasteiger partial charge is 0.471 e. The molecule has 2 rings (SSSR count). The number of methoxy groups -OCH3 is 1. The average molecular weight is 640 g/mol. The second kappa shape index (κ2) is 13.8. The number of carbonyl (C=O) groups is 3. The van der Waals surface area contributed by atoms with Gasteiger partial charge in [-0.2, -0.15) is 0 Å². The van der Waals surface area contributed by atoms with Gasteiger partial charge in [-0.25, -0.2) is 19.6 Å². The first kappa shape index (κ1) is 34.2. The SMILES string of the molecule is C=C(/C=C(\C)Br)c1nc(C)c(C)nc1O[C@@H]1CC(C(=O)OC)N(C(=O)C(NC(=O)OCC(C)(C)CO)C(C)(C)C)C1. The van der Waals surface area contributed by atoms with Gasteiger partial charge in [0.25, 0.3) is 0 Å². The summed E-state index contributed by atoms with van der Waals surface area (Å²) < 4.78 is 17.4. The van der Waals surface area contributed by atoms with Crippen LogP contribution < -0.4 is 10.1 Å². The Hall–Kier alpha value is -2.99. The van der Waals surface area contributed by atoms with Gasteiger partial charge in [0.15, 0.2) is 0 Å². The molecule has 1 aliphatic heterocycles. The molecule has 0 aromatic carbocycles. The maximum atomic E-state index is 13.9. The van der Waals surface area contributed by atoms with Crippen LogP contribution in [0.15, 0.2) is 17.1 Å². The Kier molecular flexibility index (Phi) is 11.5. The van der Waals surface area contributed by atoms with Crippen LogP contribution in [0.3, 0.4) is 0 Å². The van der Waals surface area contributed by atoms with E-state index in [4.69, 9.17) is 14.2 Å². The van der Waals surface area contributed by atoms with E-state index >= 15 is 0 Å². The fraction of sp³-hybridized carbons (Fsp3) is 0.621. The molecule has 0 aliphatic carbocycles. The van der Waals surface area contributed by atoms with Crippen molar-refractivity contribution in [2.24, 2.45) is 10.8 Å². The second-order valence-electron chi connectivity index (χ2n) is 12.2. The van der Waals surface area contributed by atoms with Gasteiger partial charge in [-0.05, 0) is 42.3 Å². The minimum Gasteiger partial charge on any atom is -0.471 e. The maximum Gasteiger partial charge on any atom is 0.407 e. The summed E-state index contributed by atoms with van der Waals surface area (Å²) in [5.74, 6) is -0.837. The van der Waals surface area contributed by atoms with Crippen molar-refractivity contribution in [2.75, 3.05) is 26.9 Å². The van der Waals surface area contributed by atoms with Crippen LogP contribution in [-0.4, -0.2) is 83.0 Å². The number of hydrogen-bond acceptors (Lipinski definition) is 9. The van der Waals surface area contributed by atoms with Gasteiger partial charge in [0.2, 0.25) is 11.8 Å². The molecule has 1 aromatic rings. The minimum atomic E-state index is -1.03. The third-order valence-electron chi connectivity index (χ3n) is 6.65. The molecule has 1 saturated heterocycles. The normalized spacial score (nSPS) is 18.5. The molecule has 1 aliphatic rings. The summed E-state index contributed by atoms with van der Waals surface area (Å²) in [6.07, 6.45) is 0.537. The number of alkyl carbamates (subject to hydrolysis) is 1. The summed E-state index contributed by atoms with van der Waals surface area (Å²) in [5, 5.41) is 12.1. The van der Waals surface area contributed by atoms with E-state index in [-0.39, 0.29) is 32.1 Å². The van der Waals surface area contributed by atoms with Crippen molar-refractivity contribution < 1.29 is 33.7 Å². The summed E-state index contributed by atoms with van der Waals surface area (Å²) in [7, 11) is 1.25. The zero-order valence-electron chi connectivity index (χ0n) is 25.5. The predicted octanol–water partition coefficient (Wildman–Crippen LogP) is 4.09. The zero-order valence-corrected chi connectivity index (χ0v) is 27.0. The number of esters is 1. The van der Waals surface area contributed by atoms with Gasteiger partial charge in [0.1, 0.15) is 30.5 Å². The van der Waals surface area contributed by atoms with Gasteiger partial charge in [-0.3, -0.25) is 4.79 Å². The zero-order chi connectivity index (χ0) is 31.3. The van der Waals surface area contributed by atoms with Crippen LogP contribution in [-0.2, 0) is 19.1 Å². The molecule has 0 spiro atoms. The summed E-state index contributed by atoms with van der Waals surface area (Å²) >= 11 is 3.41. The smallest absolute Gasteiger partial charge is 0.407 e. The number of amides is 2. The number of rotatable bonds is 10. The van der Waals surface area contributed by atoms with E-state index in [0.29, 0.717) is 17.0 Å². The minimum absolute atomic E-state index is 0.0424. The highest BCUT2D eigenvalue weighted by molar-refractivity contribution is 9.11. The summed E-state index contributed by atoms with van der Waals surface area (Å²) in [4.78, 5) is 49.9. The Balaban J connectivity index is 2.36. The number of ether oxygens (including phenoxy) is 3. The highest BCUT2D eigenvalue weighted by Gasteiger charge is 2.46. The number of nitrogens with one attached hydrogen (secondary N) is 1. The van der Waals surface area contributed by atoms with E-state index in [1.807, 2.05) is 20.8 Å². The molecule has 2 N–H and O–H groups in total. The molecule has 41 heavy (non-hydrogen) atoms. The molecule has 2 unspecified atom stereocenters. The summed E-state index contributed by atoms with van der Waals surface area (Å²) in [6.45, 7) is 18.3. The van der Waals surface area contributed by atoms with Crippen molar-refractivity contribution >= 4 is 39.5 Å². The molecule has 0 saturated carbocycles. The number of nitrogens with zero attached hydrogens (tertiary/aromatic N) is 3. The highest BCUT2D eigenvalue weighted by Crippen LogP contribution is 2.31. The maximum absolute atomic E-state index is 13.9. The molecule has 1 aromatic heterocycles. The van der Waals surface area contributed by atoms with E-state index in [1.165, 1.54) is 12.0 Å². The van der Waals surface area contributed by atoms with Gasteiger partial charge < -0.3 is 29.5 Å². The van der Waals surface area contributed by atoms with Gasteiger partial charge in [-0.15, -0.1) is 0 Å². The molecule has 2 amide bonds. The first-order chi connectivity index (χ1) is 18.9. The third kappa shape index (κ3) is 9.26. The van der Waals surface area contributed by atoms with Crippen LogP contribution in [0, 0.1) is 24.7 Å². The van der Waals surface area contributed by atoms with Crippen molar-refractivity contribution in [3.8, 4) is 5.88 Å². The Bertz CT molecular complexity index is 1190. The molecule has 11 nitrogen and oxygen atoms in total. The summed E-state index contributed by atoms with van der Waals surface area (Å²) in [6, 6.07) is -1.97. The molecular weight excluding hydrogens is 596 g/mol. The third-order valence-corrected chi connectivity index (χ3v) is 6.88. The van der Waals surface area contributed by atoms with E-state index in [9.17, 15) is 19.5 Å². The van der Waals surface area contributed by atoms with Gasteiger partial charge in [0.05, 0.1) is 31.6 Å². The molecular formula is C29H43BrN4O7. The average Bonchev–Trinajstić information content (AvgIpc) is 3.30. The van der Waals surface area contributed by atoms with Crippen molar-refractivity contribution in [3.05, 3.63) is 34.2 Å². The number of hydrogen-bond donors (Lipinski definition) is 2. The molecule has 3 atom stereocenters. The van der Waals surface area contributed by atoms with E-state index in [1.54, 1.807) is 40.7 Å². The Morgan fingerprint density at radius 3 is 2.34 bits per heavy atom. The monoisotopic (exact) mass is 638 g/mol. The lowest BCUT2D eigenvalue weighted by molar-refractivity contribution is -0.152. The molecule has 0 bridgehead atoms. The van der Waals surface area contributed by atoms with Gasteiger partial charge >= 0.3 is 12.1 Å². The lowest BCUT2D eigenvalue weighted by Crippen LogP contribution is -2.57. The fourth-order valence-corrected chi connectivity index (χ4v) is 4.38. The molecule has 2 heterocycles. The van der Waals surface area contributed by atoms with Crippen molar-refractivity contribution in [1.82, 2.24) is 20.2 Å². The predicted molar refractivity (Wildman–Crippen MR) is 158 cm³/mol. The molecule has 228 valence electrons. The number of likely N-dealkylation sites (tertiary alicyclic amines) is 1. The van der Waals surface area contributed by atoms with Crippen LogP contribution in [0.25, 0.3) is 5.57 Å². The first-order valence-corrected chi connectivity index (χ1v) is 14.2. The lowest BCUT2D eigenvalue weighted by atomic mass is 9.85. The topological polar surface area (TPSA) is 140 Å². The van der Waals surface area contributed by atoms with Gasteiger partial charge in [-0.1, -0.05) is 57.1 Å². The number of halogens is 1. The number of carbonyl (C=O) groups excluding carboxylic acids is 3. The van der Waals surface area contributed by atoms with Crippen LogP contribution in [0.4, 0.5) is 4.79 Å². The Morgan fingerprint density at radius 1 is 1.20 bits per heavy atom. The number of aryl methyl sites for hydroxylation is 2. The number of allylic oxidation sites excluding steroid dienone is 3. The Morgan fingerprint density at radius 2 is 1.80 bits per heavy atom. The number of aliphatic hydroxyl groups is 1. The van der Waals surface area contributed by atoms with Gasteiger partial charge in [0, 0.05) is 11.8 Å². The highest BCUT2D eigenvalue weighted by atomic mass is 79.9. The lowest BCUT2D eigenvalue weighted by Gasteiger charge is -2.35. The van der Waals surface area contributed by atoms with Crippen LogP contribution >= 0.6 is 15.9 Å². The molecule has 1 fully saturated rings.